The third kappa shape index (κ3) is 3.70. The second-order valence-electron chi connectivity index (χ2n) is 5.49. The summed E-state index contributed by atoms with van der Waals surface area (Å²) in [5, 5.41) is 12.1. The molecule has 1 rings (SSSR count). The van der Waals surface area contributed by atoms with Crippen LogP contribution in [0.5, 0.6) is 0 Å². The Kier molecular flexibility index (Phi) is 5.14. The van der Waals surface area contributed by atoms with Crippen LogP contribution in [-0.2, 0) is 9.59 Å². The van der Waals surface area contributed by atoms with E-state index < -0.39 is 11.5 Å². The minimum absolute atomic E-state index is 0.196. The number of aliphatic carboxylic acids is 1. The number of rotatable bonds is 5. The lowest BCUT2D eigenvalue weighted by Gasteiger charge is -2.36. The number of nitrogens with two attached hydrogens (primary N) is 1. The summed E-state index contributed by atoms with van der Waals surface area (Å²) in [5.74, 6) is -0.638. The number of carbonyl (C=O) groups excluding carboxylic acids is 1. The van der Waals surface area contributed by atoms with E-state index in [1.165, 1.54) is 0 Å². The molecular weight excluding hydrogens is 232 g/mol. The van der Waals surface area contributed by atoms with E-state index in [4.69, 9.17) is 5.73 Å². The average molecular weight is 256 g/mol. The molecule has 1 amide bonds. The smallest absolute Gasteiger partial charge is 0.329 e. The zero-order chi connectivity index (χ0) is 13.8. The van der Waals surface area contributed by atoms with Crippen molar-refractivity contribution in [1.29, 1.82) is 0 Å². The number of hydrogen-bond acceptors (Lipinski definition) is 3. The maximum atomic E-state index is 11.8. The summed E-state index contributed by atoms with van der Waals surface area (Å²) in [6.07, 6.45) is 3.61. The number of carbonyl (C=O) groups is 2. The van der Waals surface area contributed by atoms with Crippen LogP contribution in [0.15, 0.2) is 0 Å². The van der Waals surface area contributed by atoms with Crippen LogP contribution in [0.25, 0.3) is 0 Å². The van der Waals surface area contributed by atoms with Gasteiger partial charge in [-0.1, -0.05) is 13.8 Å². The Morgan fingerprint density at radius 2 is 2.00 bits per heavy atom. The Hall–Kier alpha value is -1.10. The van der Waals surface area contributed by atoms with E-state index >= 15 is 0 Å². The molecule has 5 nitrogen and oxygen atoms in total. The summed E-state index contributed by atoms with van der Waals surface area (Å²) < 4.78 is 0. The van der Waals surface area contributed by atoms with Crippen molar-refractivity contribution in [2.75, 3.05) is 0 Å². The Labute approximate surface area is 108 Å². The monoisotopic (exact) mass is 256 g/mol. The minimum atomic E-state index is -1.07. The van der Waals surface area contributed by atoms with Crippen LogP contribution in [0.4, 0.5) is 0 Å². The van der Waals surface area contributed by atoms with Gasteiger partial charge in [-0.25, -0.2) is 4.79 Å². The van der Waals surface area contributed by atoms with E-state index in [9.17, 15) is 14.7 Å². The summed E-state index contributed by atoms with van der Waals surface area (Å²) in [5.41, 5.74) is 4.64. The van der Waals surface area contributed by atoms with Crippen molar-refractivity contribution in [2.45, 2.75) is 64.0 Å². The van der Waals surface area contributed by atoms with Gasteiger partial charge in [0.05, 0.1) is 0 Å². The molecule has 1 fully saturated rings. The van der Waals surface area contributed by atoms with Crippen LogP contribution < -0.4 is 11.1 Å². The molecule has 0 aliphatic heterocycles. The summed E-state index contributed by atoms with van der Waals surface area (Å²) in [7, 11) is 0. The van der Waals surface area contributed by atoms with Gasteiger partial charge in [-0.3, -0.25) is 4.79 Å². The van der Waals surface area contributed by atoms with E-state index in [1.807, 2.05) is 6.92 Å². The highest BCUT2D eigenvalue weighted by Crippen LogP contribution is 2.32. The highest BCUT2D eigenvalue weighted by Gasteiger charge is 2.42. The predicted octanol–water partition coefficient (Wildman–Crippen LogP) is 1.26. The van der Waals surface area contributed by atoms with E-state index in [1.54, 1.807) is 0 Å². The number of carboxylic acids is 1. The van der Waals surface area contributed by atoms with Gasteiger partial charge in [0.2, 0.25) is 5.91 Å². The molecule has 5 heteroatoms. The summed E-state index contributed by atoms with van der Waals surface area (Å²) >= 11 is 0. The summed E-state index contributed by atoms with van der Waals surface area (Å²) in [6, 6.07) is -0.196. The molecule has 18 heavy (non-hydrogen) atoms. The van der Waals surface area contributed by atoms with Gasteiger partial charge in [0, 0.05) is 12.5 Å². The van der Waals surface area contributed by atoms with Gasteiger partial charge >= 0.3 is 5.97 Å². The maximum Gasteiger partial charge on any atom is 0.329 e. The largest absolute Gasteiger partial charge is 0.480 e. The summed E-state index contributed by atoms with van der Waals surface area (Å²) in [6.45, 7) is 4.02. The zero-order valence-corrected chi connectivity index (χ0v) is 11.2. The first-order chi connectivity index (χ1) is 8.39. The fraction of sp³-hybridized carbons (Fsp3) is 0.846. The van der Waals surface area contributed by atoms with Crippen LogP contribution in [-0.4, -0.2) is 28.6 Å². The molecule has 0 saturated heterocycles. The topological polar surface area (TPSA) is 92.4 Å². The minimum Gasteiger partial charge on any atom is -0.480 e. The molecule has 1 atom stereocenters. The van der Waals surface area contributed by atoms with E-state index in [0.29, 0.717) is 25.2 Å². The van der Waals surface area contributed by atoms with Crippen LogP contribution in [0.1, 0.15) is 52.4 Å². The molecule has 0 radical (unpaired) electrons. The van der Waals surface area contributed by atoms with E-state index in [0.717, 1.165) is 12.8 Å². The van der Waals surface area contributed by atoms with Crippen molar-refractivity contribution in [2.24, 2.45) is 11.7 Å². The van der Waals surface area contributed by atoms with Crippen LogP contribution >= 0.6 is 0 Å². The van der Waals surface area contributed by atoms with Crippen LogP contribution in [0.3, 0.4) is 0 Å². The molecule has 0 aromatic heterocycles. The molecule has 0 spiro atoms. The quantitative estimate of drug-likeness (QED) is 0.690. The van der Waals surface area contributed by atoms with Gasteiger partial charge in [-0.15, -0.1) is 0 Å². The average Bonchev–Trinajstić information content (AvgIpc) is 2.31. The van der Waals surface area contributed by atoms with Crippen molar-refractivity contribution in [1.82, 2.24) is 5.32 Å². The Morgan fingerprint density at radius 3 is 2.44 bits per heavy atom. The molecule has 0 aromatic rings. The lowest BCUT2D eigenvalue weighted by Crippen LogP contribution is -2.56. The first kappa shape index (κ1) is 15.0. The highest BCUT2D eigenvalue weighted by atomic mass is 16.4. The molecule has 1 aliphatic rings. The van der Waals surface area contributed by atoms with Crippen molar-refractivity contribution < 1.29 is 14.7 Å². The highest BCUT2D eigenvalue weighted by molar-refractivity contribution is 5.87. The van der Waals surface area contributed by atoms with Crippen molar-refractivity contribution in [3.05, 3.63) is 0 Å². The SMILES string of the molecule is CCC(N)CC(=O)NC1(C(=O)O)CCC(C)CC1. The molecule has 1 unspecified atom stereocenters. The molecule has 1 saturated carbocycles. The van der Waals surface area contributed by atoms with Crippen molar-refractivity contribution in [3.63, 3.8) is 0 Å². The Morgan fingerprint density at radius 1 is 1.44 bits per heavy atom. The lowest BCUT2D eigenvalue weighted by atomic mass is 9.77. The van der Waals surface area contributed by atoms with Gasteiger partial charge in [0.25, 0.3) is 0 Å². The number of amides is 1. The molecule has 0 bridgehead atoms. The number of hydrogen-bond donors (Lipinski definition) is 3. The fourth-order valence-corrected chi connectivity index (χ4v) is 2.35. The van der Waals surface area contributed by atoms with Gasteiger partial charge < -0.3 is 16.2 Å². The molecule has 0 heterocycles. The number of carboxylic acid groups (broad SMARTS) is 1. The number of nitrogens with one attached hydrogen (secondary N) is 1. The third-order valence-corrected chi connectivity index (χ3v) is 3.89. The molecule has 1 aliphatic carbocycles. The van der Waals surface area contributed by atoms with Gasteiger partial charge in [0.15, 0.2) is 0 Å². The van der Waals surface area contributed by atoms with Crippen molar-refractivity contribution in [3.8, 4) is 0 Å². The summed E-state index contributed by atoms with van der Waals surface area (Å²) in [4.78, 5) is 23.2. The predicted molar refractivity (Wildman–Crippen MR) is 69.0 cm³/mol. The van der Waals surface area contributed by atoms with E-state index in [-0.39, 0.29) is 18.4 Å². The first-order valence-electron chi connectivity index (χ1n) is 6.69. The van der Waals surface area contributed by atoms with Crippen LogP contribution in [0.2, 0.25) is 0 Å². The van der Waals surface area contributed by atoms with Crippen LogP contribution in [0, 0.1) is 5.92 Å². The molecule has 4 N–H and O–H groups in total. The lowest BCUT2D eigenvalue weighted by molar-refractivity contribution is -0.149. The molecule has 104 valence electrons. The normalized spacial score (nSPS) is 29.6. The Balaban J connectivity index is 2.63. The second kappa shape index (κ2) is 6.18. The van der Waals surface area contributed by atoms with E-state index in [2.05, 4.69) is 12.2 Å². The zero-order valence-electron chi connectivity index (χ0n) is 11.2. The second-order valence-corrected chi connectivity index (χ2v) is 5.49. The van der Waals surface area contributed by atoms with Gasteiger partial charge in [0.1, 0.15) is 5.54 Å². The Bertz CT molecular complexity index is 309. The van der Waals surface area contributed by atoms with Crippen molar-refractivity contribution >= 4 is 11.9 Å². The van der Waals surface area contributed by atoms with Gasteiger partial charge in [-0.2, -0.15) is 0 Å². The third-order valence-electron chi connectivity index (χ3n) is 3.89. The standard InChI is InChI=1S/C13H24N2O3/c1-3-10(14)8-11(16)15-13(12(17)18)6-4-9(2)5-7-13/h9-10H,3-8,14H2,1-2H3,(H,15,16)(H,17,18). The molecule has 0 aromatic carbocycles. The maximum absolute atomic E-state index is 11.8. The first-order valence-corrected chi connectivity index (χ1v) is 6.69. The fourth-order valence-electron chi connectivity index (χ4n) is 2.35. The molecular formula is C13H24N2O3. The van der Waals surface area contributed by atoms with Gasteiger partial charge in [-0.05, 0) is 38.0 Å².